The van der Waals surface area contributed by atoms with E-state index in [9.17, 15) is 4.79 Å². The molecule has 0 aliphatic carbocycles. The average molecular weight is 366 g/mol. The average Bonchev–Trinajstić information content (AvgIpc) is 3.16. The molecule has 8 nitrogen and oxygen atoms in total. The molecule has 1 aliphatic heterocycles. The highest BCUT2D eigenvalue weighted by Gasteiger charge is 2.36. The molecular formula is C19H18N4O4. The number of carbonyl (C=O) groups excluding carboxylic acids is 1. The molecule has 1 aromatic carbocycles. The molecule has 0 atom stereocenters. The number of aromatic nitrogens is 3. The van der Waals surface area contributed by atoms with Crippen molar-refractivity contribution in [1.29, 1.82) is 0 Å². The molecule has 3 aromatic rings. The van der Waals surface area contributed by atoms with E-state index in [1.807, 2.05) is 18.2 Å². The van der Waals surface area contributed by atoms with Gasteiger partial charge >= 0.3 is 0 Å². The molecule has 0 N–H and O–H groups in total. The van der Waals surface area contributed by atoms with E-state index in [1.54, 1.807) is 43.5 Å². The van der Waals surface area contributed by atoms with Crippen molar-refractivity contribution in [2.45, 2.75) is 5.92 Å². The van der Waals surface area contributed by atoms with Gasteiger partial charge in [0.15, 0.2) is 11.5 Å². The van der Waals surface area contributed by atoms with Crippen molar-refractivity contribution in [3.63, 3.8) is 0 Å². The number of methoxy groups -OCH3 is 2. The van der Waals surface area contributed by atoms with Crippen molar-refractivity contribution in [2.75, 3.05) is 27.3 Å². The van der Waals surface area contributed by atoms with Crippen LogP contribution in [0.3, 0.4) is 0 Å². The second-order valence-electron chi connectivity index (χ2n) is 6.15. The molecule has 3 heterocycles. The zero-order valence-electron chi connectivity index (χ0n) is 15.0. The molecule has 27 heavy (non-hydrogen) atoms. The SMILES string of the molecule is COc1ccc(C(=O)N2CC(c3nc(-c4ccccn4)no3)C2)cc1OC. The van der Waals surface area contributed by atoms with Gasteiger partial charge in [0, 0.05) is 24.8 Å². The summed E-state index contributed by atoms with van der Waals surface area (Å²) in [5, 5.41) is 3.98. The molecule has 0 radical (unpaired) electrons. The van der Waals surface area contributed by atoms with Gasteiger partial charge in [-0.2, -0.15) is 4.98 Å². The van der Waals surface area contributed by atoms with Crippen molar-refractivity contribution in [3.8, 4) is 23.0 Å². The van der Waals surface area contributed by atoms with Crippen molar-refractivity contribution in [3.05, 3.63) is 54.0 Å². The first-order valence-corrected chi connectivity index (χ1v) is 8.46. The van der Waals surface area contributed by atoms with E-state index in [0.29, 0.717) is 47.6 Å². The van der Waals surface area contributed by atoms with Gasteiger partial charge in [0.05, 0.1) is 20.1 Å². The highest BCUT2D eigenvalue weighted by molar-refractivity contribution is 5.95. The summed E-state index contributed by atoms with van der Waals surface area (Å²) >= 11 is 0. The van der Waals surface area contributed by atoms with Crippen LogP contribution in [0.5, 0.6) is 11.5 Å². The highest BCUT2D eigenvalue weighted by atomic mass is 16.5. The van der Waals surface area contributed by atoms with Gasteiger partial charge in [-0.05, 0) is 30.3 Å². The van der Waals surface area contributed by atoms with E-state index < -0.39 is 0 Å². The molecule has 138 valence electrons. The Kier molecular flexibility index (Phi) is 4.45. The Morgan fingerprint density at radius 2 is 1.96 bits per heavy atom. The monoisotopic (exact) mass is 366 g/mol. The van der Waals surface area contributed by atoms with Crippen molar-refractivity contribution in [1.82, 2.24) is 20.0 Å². The maximum Gasteiger partial charge on any atom is 0.254 e. The zero-order valence-corrected chi connectivity index (χ0v) is 15.0. The molecule has 0 unspecified atom stereocenters. The van der Waals surface area contributed by atoms with Gasteiger partial charge in [0.2, 0.25) is 11.7 Å². The van der Waals surface area contributed by atoms with Crippen molar-refractivity contribution >= 4 is 5.91 Å². The first-order chi connectivity index (χ1) is 13.2. The summed E-state index contributed by atoms with van der Waals surface area (Å²) in [5.74, 6) is 2.04. The van der Waals surface area contributed by atoms with Crippen LogP contribution in [0.2, 0.25) is 0 Å². The van der Waals surface area contributed by atoms with Gasteiger partial charge < -0.3 is 18.9 Å². The number of ether oxygens (including phenoxy) is 2. The fourth-order valence-corrected chi connectivity index (χ4v) is 2.95. The van der Waals surface area contributed by atoms with E-state index >= 15 is 0 Å². The van der Waals surface area contributed by atoms with Crippen LogP contribution in [0.1, 0.15) is 22.2 Å². The number of benzene rings is 1. The minimum Gasteiger partial charge on any atom is -0.493 e. The molecule has 8 heteroatoms. The summed E-state index contributed by atoms with van der Waals surface area (Å²) in [5.41, 5.74) is 1.20. The quantitative estimate of drug-likeness (QED) is 0.685. The first kappa shape index (κ1) is 17.0. The van der Waals surface area contributed by atoms with Gasteiger partial charge in [-0.1, -0.05) is 11.2 Å². The number of likely N-dealkylation sites (tertiary alicyclic amines) is 1. The predicted molar refractivity (Wildman–Crippen MR) is 95.7 cm³/mol. The summed E-state index contributed by atoms with van der Waals surface area (Å²) in [6, 6.07) is 10.6. The Balaban J connectivity index is 1.42. The smallest absolute Gasteiger partial charge is 0.254 e. The van der Waals surface area contributed by atoms with E-state index in [1.165, 1.54) is 0 Å². The lowest BCUT2D eigenvalue weighted by atomic mass is 9.98. The number of carbonyl (C=O) groups is 1. The lowest BCUT2D eigenvalue weighted by Crippen LogP contribution is -2.48. The van der Waals surface area contributed by atoms with E-state index in [4.69, 9.17) is 14.0 Å². The Bertz CT molecular complexity index is 951. The van der Waals surface area contributed by atoms with Crippen LogP contribution in [0, 0.1) is 0 Å². The molecule has 0 spiro atoms. The molecule has 0 saturated carbocycles. The fraction of sp³-hybridized carbons (Fsp3) is 0.263. The predicted octanol–water partition coefficient (Wildman–Crippen LogP) is 2.39. The standard InChI is InChI=1S/C19H18N4O4/c1-25-15-7-6-12(9-16(15)26-2)19(24)23-10-13(11-23)18-21-17(22-27-18)14-5-3-4-8-20-14/h3-9,13H,10-11H2,1-2H3. The minimum atomic E-state index is -0.0725. The van der Waals surface area contributed by atoms with Crippen LogP contribution in [-0.2, 0) is 0 Å². The Hall–Kier alpha value is -3.42. The third-order valence-electron chi connectivity index (χ3n) is 4.48. The van der Waals surface area contributed by atoms with Crippen LogP contribution in [0.4, 0.5) is 0 Å². The van der Waals surface area contributed by atoms with Crippen molar-refractivity contribution < 1.29 is 18.8 Å². The molecule has 2 aromatic heterocycles. The molecule has 4 rings (SSSR count). The molecular weight excluding hydrogens is 348 g/mol. The topological polar surface area (TPSA) is 90.6 Å². The number of amides is 1. The van der Waals surface area contributed by atoms with Gasteiger partial charge in [-0.15, -0.1) is 0 Å². The molecule has 1 amide bonds. The lowest BCUT2D eigenvalue weighted by molar-refractivity contribution is 0.0569. The zero-order chi connectivity index (χ0) is 18.8. The summed E-state index contributed by atoms with van der Waals surface area (Å²) in [4.78, 5) is 23.0. The third-order valence-corrected chi connectivity index (χ3v) is 4.48. The van der Waals surface area contributed by atoms with Gasteiger partial charge in [-0.25, -0.2) is 0 Å². The summed E-state index contributed by atoms with van der Waals surface area (Å²) in [6.45, 7) is 1.05. The van der Waals surface area contributed by atoms with E-state index in [-0.39, 0.29) is 11.8 Å². The van der Waals surface area contributed by atoms with Crippen LogP contribution in [0.25, 0.3) is 11.5 Å². The Labute approximate surface area is 155 Å². The Morgan fingerprint density at radius 3 is 2.67 bits per heavy atom. The van der Waals surface area contributed by atoms with Crippen LogP contribution in [-0.4, -0.2) is 53.2 Å². The van der Waals surface area contributed by atoms with Gasteiger partial charge in [-0.3, -0.25) is 9.78 Å². The second kappa shape index (κ2) is 7.06. The highest BCUT2D eigenvalue weighted by Crippen LogP contribution is 2.31. The van der Waals surface area contributed by atoms with Gasteiger partial charge in [0.1, 0.15) is 5.69 Å². The molecule has 1 aliphatic rings. The molecule has 1 fully saturated rings. The van der Waals surface area contributed by atoms with E-state index in [0.717, 1.165) is 0 Å². The molecule has 1 saturated heterocycles. The minimum absolute atomic E-state index is 0.0269. The number of hydrogen-bond acceptors (Lipinski definition) is 7. The lowest BCUT2D eigenvalue weighted by Gasteiger charge is -2.37. The number of hydrogen-bond donors (Lipinski definition) is 0. The Morgan fingerprint density at radius 1 is 1.15 bits per heavy atom. The van der Waals surface area contributed by atoms with Gasteiger partial charge in [0.25, 0.3) is 5.91 Å². The largest absolute Gasteiger partial charge is 0.493 e. The van der Waals surface area contributed by atoms with Crippen LogP contribution < -0.4 is 9.47 Å². The summed E-state index contributed by atoms with van der Waals surface area (Å²) in [7, 11) is 3.10. The maximum atomic E-state index is 12.7. The normalized spacial score (nSPS) is 13.9. The van der Waals surface area contributed by atoms with Crippen molar-refractivity contribution in [2.24, 2.45) is 0 Å². The second-order valence-corrected chi connectivity index (χ2v) is 6.15. The summed E-state index contributed by atoms with van der Waals surface area (Å²) < 4.78 is 15.8. The van der Waals surface area contributed by atoms with Crippen LogP contribution >= 0.6 is 0 Å². The maximum absolute atomic E-state index is 12.7. The first-order valence-electron chi connectivity index (χ1n) is 8.46. The number of nitrogens with zero attached hydrogens (tertiary/aromatic N) is 4. The fourth-order valence-electron chi connectivity index (χ4n) is 2.95. The number of rotatable bonds is 5. The molecule has 0 bridgehead atoms. The van der Waals surface area contributed by atoms with Crippen LogP contribution in [0.15, 0.2) is 47.1 Å². The summed E-state index contributed by atoms with van der Waals surface area (Å²) in [6.07, 6.45) is 1.68. The number of pyridine rings is 1. The van der Waals surface area contributed by atoms with E-state index in [2.05, 4.69) is 15.1 Å². The third kappa shape index (κ3) is 3.21.